The lowest BCUT2D eigenvalue weighted by Gasteiger charge is -1.92. The Morgan fingerprint density at radius 1 is 1.20 bits per heavy atom. The SMILES string of the molecule is FCc1ccccc1F.N. The van der Waals surface area contributed by atoms with Crippen LogP contribution in [0.15, 0.2) is 24.3 Å². The average Bonchev–Trinajstić information content (AvgIpc) is 1.89. The quantitative estimate of drug-likeness (QED) is 0.647. The maximum Gasteiger partial charge on any atom is 0.129 e. The van der Waals surface area contributed by atoms with Crippen molar-refractivity contribution in [2.45, 2.75) is 6.67 Å². The van der Waals surface area contributed by atoms with Crippen LogP contribution in [0.4, 0.5) is 8.78 Å². The molecule has 1 aromatic rings. The highest BCUT2D eigenvalue weighted by Gasteiger charge is 1.96. The lowest BCUT2D eigenvalue weighted by atomic mass is 10.2. The van der Waals surface area contributed by atoms with Gasteiger partial charge in [-0.15, -0.1) is 0 Å². The van der Waals surface area contributed by atoms with Gasteiger partial charge in [0.15, 0.2) is 0 Å². The molecule has 0 bridgehead atoms. The molecule has 0 aliphatic carbocycles. The minimum atomic E-state index is -0.729. The Labute approximate surface area is 58.3 Å². The van der Waals surface area contributed by atoms with Gasteiger partial charge < -0.3 is 6.15 Å². The normalized spacial score (nSPS) is 8.60. The molecule has 0 aliphatic rings. The predicted octanol–water partition coefficient (Wildman–Crippen LogP) is 2.46. The van der Waals surface area contributed by atoms with Gasteiger partial charge in [-0.3, -0.25) is 0 Å². The molecule has 0 heterocycles. The van der Waals surface area contributed by atoms with Gasteiger partial charge in [-0.1, -0.05) is 18.2 Å². The van der Waals surface area contributed by atoms with E-state index in [2.05, 4.69) is 0 Å². The summed E-state index contributed by atoms with van der Waals surface area (Å²) in [5.41, 5.74) is 0.123. The number of hydrogen-bond acceptors (Lipinski definition) is 1. The van der Waals surface area contributed by atoms with Crippen LogP contribution < -0.4 is 6.15 Å². The highest BCUT2D eigenvalue weighted by atomic mass is 19.1. The van der Waals surface area contributed by atoms with Crippen LogP contribution in [0.25, 0.3) is 0 Å². The van der Waals surface area contributed by atoms with Gasteiger partial charge in [-0.05, 0) is 6.07 Å². The third-order valence-electron chi connectivity index (χ3n) is 1.10. The minimum absolute atomic E-state index is 0. The van der Waals surface area contributed by atoms with Gasteiger partial charge in [-0.2, -0.15) is 0 Å². The van der Waals surface area contributed by atoms with Crippen LogP contribution in [0.1, 0.15) is 5.56 Å². The molecular formula is C7H9F2N. The highest BCUT2D eigenvalue weighted by molar-refractivity contribution is 5.15. The Kier molecular flexibility index (Phi) is 3.57. The zero-order valence-corrected chi connectivity index (χ0v) is 5.48. The van der Waals surface area contributed by atoms with Crippen molar-refractivity contribution in [1.82, 2.24) is 6.15 Å². The monoisotopic (exact) mass is 145 g/mol. The molecule has 0 atom stereocenters. The molecule has 56 valence electrons. The number of rotatable bonds is 1. The van der Waals surface area contributed by atoms with Crippen LogP contribution in [0.2, 0.25) is 0 Å². The van der Waals surface area contributed by atoms with Gasteiger partial charge in [-0.25, -0.2) is 8.78 Å². The van der Waals surface area contributed by atoms with Crippen molar-refractivity contribution in [2.75, 3.05) is 0 Å². The van der Waals surface area contributed by atoms with Gasteiger partial charge in [0.05, 0.1) is 0 Å². The number of hydrogen-bond donors (Lipinski definition) is 1. The Hall–Kier alpha value is -0.960. The fourth-order valence-corrected chi connectivity index (χ4v) is 0.607. The number of halogens is 2. The first-order valence-corrected chi connectivity index (χ1v) is 2.64. The Bertz CT molecular complexity index is 201. The average molecular weight is 145 g/mol. The summed E-state index contributed by atoms with van der Waals surface area (Å²) in [6.07, 6.45) is 0. The first-order chi connectivity index (χ1) is 4.34. The maximum absolute atomic E-state index is 12.3. The Balaban J connectivity index is 0.000000810. The summed E-state index contributed by atoms with van der Waals surface area (Å²) in [5.74, 6) is -0.472. The smallest absolute Gasteiger partial charge is 0.129 e. The van der Waals surface area contributed by atoms with Gasteiger partial charge in [0, 0.05) is 5.56 Å². The van der Waals surface area contributed by atoms with E-state index in [0.717, 1.165) is 0 Å². The topological polar surface area (TPSA) is 35.0 Å². The standard InChI is InChI=1S/C7H6F2.H3N/c8-5-6-3-1-2-4-7(6)9;/h1-4H,5H2;1H3. The molecule has 0 spiro atoms. The Morgan fingerprint density at radius 2 is 1.80 bits per heavy atom. The summed E-state index contributed by atoms with van der Waals surface area (Å²) in [5, 5.41) is 0. The minimum Gasteiger partial charge on any atom is -0.344 e. The molecule has 1 rings (SSSR count). The summed E-state index contributed by atoms with van der Waals surface area (Å²) >= 11 is 0. The Morgan fingerprint density at radius 3 is 2.20 bits per heavy atom. The van der Waals surface area contributed by atoms with Crippen LogP contribution in [-0.4, -0.2) is 0 Å². The molecule has 3 N–H and O–H groups in total. The van der Waals surface area contributed by atoms with Crippen molar-refractivity contribution >= 4 is 0 Å². The lowest BCUT2D eigenvalue weighted by Crippen LogP contribution is -1.82. The van der Waals surface area contributed by atoms with E-state index in [4.69, 9.17) is 0 Å². The van der Waals surface area contributed by atoms with Crippen LogP contribution in [0, 0.1) is 5.82 Å². The van der Waals surface area contributed by atoms with Crippen molar-refractivity contribution in [2.24, 2.45) is 0 Å². The summed E-state index contributed by atoms with van der Waals surface area (Å²) in [4.78, 5) is 0. The third kappa shape index (κ3) is 1.77. The van der Waals surface area contributed by atoms with E-state index in [9.17, 15) is 8.78 Å². The van der Waals surface area contributed by atoms with E-state index < -0.39 is 12.5 Å². The van der Waals surface area contributed by atoms with Crippen molar-refractivity contribution in [3.8, 4) is 0 Å². The van der Waals surface area contributed by atoms with Crippen molar-refractivity contribution in [3.05, 3.63) is 35.6 Å². The highest BCUT2D eigenvalue weighted by Crippen LogP contribution is 2.06. The summed E-state index contributed by atoms with van der Waals surface area (Å²) in [7, 11) is 0. The first kappa shape index (κ1) is 9.04. The largest absolute Gasteiger partial charge is 0.344 e. The van der Waals surface area contributed by atoms with E-state index in [0.29, 0.717) is 0 Å². The molecule has 0 saturated carbocycles. The van der Waals surface area contributed by atoms with Crippen molar-refractivity contribution in [1.29, 1.82) is 0 Å². The fraction of sp³-hybridized carbons (Fsp3) is 0.143. The van der Waals surface area contributed by atoms with Gasteiger partial charge in [0.1, 0.15) is 12.5 Å². The third-order valence-corrected chi connectivity index (χ3v) is 1.10. The fourth-order valence-electron chi connectivity index (χ4n) is 0.607. The maximum atomic E-state index is 12.3. The summed E-state index contributed by atoms with van der Waals surface area (Å²) < 4.78 is 24.1. The molecule has 10 heavy (non-hydrogen) atoms. The van der Waals surface area contributed by atoms with Gasteiger partial charge in [0.25, 0.3) is 0 Å². The lowest BCUT2D eigenvalue weighted by molar-refractivity contribution is 0.464. The molecule has 0 aromatic heterocycles. The summed E-state index contributed by atoms with van der Waals surface area (Å²) in [6, 6.07) is 5.82. The molecule has 0 unspecified atom stereocenters. The molecule has 0 saturated heterocycles. The zero-order valence-electron chi connectivity index (χ0n) is 5.48. The van der Waals surface area contributed by atoms with Gasteiger partial charge >= 0.3 is 0 Å². The van der Waals surface area contributed by atoms with Crippen LogP contribution in [-0.2, 0) is 6.67 Å². The van der Waals surface area contributed by atoms with E-state index in [1.165, 1.54) is 18.2 Å². The second kappa shape index (κ2) is 3.95. The van der Waals surface area contributed by atoms with Crippen molar-refractivity contribution in [3.63, 3.8) is 0 Å². The van der Waals surface area contributed by atoms with Crippen LogP contribution >= 0.6 is 0 Å². The van der Waals surface area contributed by atoms with E-state index in [1.807, 2.05) is 0 Å². The molecule has 0 fully saturated rings. The molecular weight excluding hydrogens is 136 g/mol. The molecule has 1 aromatic carbocycles. The predicted molar refractivity (Wildman–Crippen MR) is 36.2 cm³/mol. The number of benzene rings is 1. The summed E-state index contributed by atoms with van der Waals surface area (Å²) in [6.45, 7) is -0.729. The zero-order chi connectivity index (χ0) is 6.69. The van der Waals surface area contributed by atoms with Crippen LogP contribution in [0.5, 0.6) is 0 Å². The second-order valence-electron chi connectivity index (χ2n) is 1.73. The van der Waals surface area contributed by atoms with Crippen LogP contribution in [0.3, 0.4) is 0 Å². The molecule has 0 amide bonds. The number of alkyl halides is 1. The first-order valence-electron chi connectivity index (χ1n) is 2.64. The van der Waals surface area contributed by atoms with E-state index in [-0.39, 0.29) is 11.7 Å². The van der Waals surface area contributed by atoms with Crippen molar-refractivity contribution < 1.29 is 8.78 Å². The van der Waals surface area contributed by atoms with Gasteiger partial charge in [0.2, 0.25) is 0 Å². The second-order valence-corrected chi connectivity index (χ2v) is 1.73. The molecule has 3 heteroatoms. The molecule has 1 nitrogen and oxygen atoms in total. The van der Waals surface area contributed by atoms with E-state index in [1.54, 1.807) is 6.07 Å². The van der Waals surface area contributed by atoms with E-state index >= 15 is 0 Å². The molecule has 0 radical (unpaired) electrons. The molecule has 0 aliphatic heterocycles.